The number of para-hydroxylation sites is 1. The maximum atomic E-state index is 5.84. The second kappa shape index (κ2) is 3.61. The first-order chi connectivity index (χ1) is 7.16. The van der Waals surface area contributed by atoms with Crippen LogP contribution in [-0.2, 0) is 13.5 Å². The third kappa shape index (κ3) is 1.90. The molecule has 1 aromatic heterocycles. The van der Waals surface area contributed by atoms with E-state index in [1.165, 1.54) is 0 Å². The van der Waals surface area contributed by atoms with Gasteiger partial charge in [0.15, 0.2) is 0 Å². The summed E-state index contributed by atoms with van der Waals surface area (Å²) in [5.74, 6) is 1.10. The Balaban J connectivity index is 2.29. The molecule has 0 aliphatic heterocycles. The maximum Gasteiger partial charge on any atom is 0.239 e. The Labute approximate surface area is 87.7 Å². The lowest BCUT2D eigenvalue weighted by molar-refractivity contribution is 0.718. The topological polar surface area (TPSA) is 82.8 Å². The van der Waals surface area contributed by atoms with Crippen molar-refractivity contribution >= 4 is 11.6 Å². The number of nitrogens with zero attached hydrogens (tertiary/aromatic N) is 3. The van der Waals surface area contributed by atoms with Crippen LogP contribution in [0.25, 0.3) is 0 Å². The van der Waals surface area contributed by atoms with E-state index in [0.29, 0.717) is 12.4 Å². The molecule has 0 spiro atoms. The van der Waals surface area contributed by atoms with Gasteiger partial charge >= 0.3 is 0 Å². The van der Waals surface area contributed by atoms with Crippen molar-refractivity contribution in [3.8, 4) is 0 Å². The summed E-state index contributed by atoms with van der Waals surface area (Å²) in [6.07, 6.45) is 0.646. The average Bonchev–Trinajstić information content (AvgIpc) is 2.49. The quantitative estimate of drug-likeness (QED) is 0.699. The zero-order valence-electron chi connectivity index (χ0n) is 8.51. The molecule has 2 rings (SSSR count). The van der Waals surface area contributed by atoms with Crippen LogP contribution in [0.2, 0.25) is 0 Å². The van der Waals surface area contributed by atoms with E-state index in [2.05, 4.69) is 10.1 Å². The fourth-order valence-electron chi connectivity index (χ4n) is 1.46. The van der Waals surface area contributed by atoms with E-state index >= 15 is 0 Å². The van der Waals surface area contributed by atoms with E-state index in [9.17, 15) is 0 Å². The van der Waals surface area contributed by atoms with Gasteiger partial charge in [0.1, 0.15) is 5.82 Å². The molecule has 5 nitrogen and oxygen atoms in total. The van der Waals surface area contributed by atoms with Crippen molar-refractivity contribution in [2.75, 3.05) is 11.5 Å². The van der Waals surface area contributed by atoms with Gasteiger partial charge in [0.25, 0.3) is 0 Å². The van der Waals surface area contributed by atoms with E-state index in [0.717, 1.165) is 17.1 Å². The van der Waals surface area contributed by atoms with E-state index in [4.69, 9.17) is 11.5 Å². The van der Waals surface area contributed by atoms with Gasteiger partial charge in [-0.1, -0.05) is 18.2 Å². The van der Waals surface area contributed by atoms with Crippen LogP contribution in [0.5, 0.6) is 0 Å². The number of anilines is 2. The van der Waals surface area contributed by atoms with Crippen LogP contribution in [0.3, 0.4) is 0 Å². The summed E-state index contributed by atoms with van der Waals surface area (Å²) in [7, 11) is 1.82. The first-order valence-corrected chi connectivity index (χ1v) is 4.65. The molecule has 5 heteroatoms. The van der Waals surface area contributed by atoms with Crippen LogP contribution in [0, 0.1) is 0 Å². The third-order valence-electron chi connectivity index (χ3n) is 2.27. The van der Waals surface area contributed by atoms with Gasteiger partial charge in [-0.3, -0.25) is 4.68 Å². The lowest BCUT2D eigenvalue weighted by Crippen LogP contribution is -2.02. The molecule has 78 valence electrons. The lowest BCUT2D eigenvalue weighted by atomic mass is 10.1. The van der Waals surface area contributed by atoms with Crippen molar-refractivity contribution in [1.29, 1.82) is 0 Å². The molecule has 0 aliphatic carbocycles. The molecular weight excluding hydrogens is 190 g/mol. The maximum absolute atomic E-state index is 5.84. The summed E-state index contributed by atoms with van der Waals surface area (Å²) in [5, 5.41) is 3.98. The fraction of sp³-hybridized carbons (Fsp3) is 0.200. The van der Waals surface area contributed by atoms with E-state index in [-0.39, 0.29) is 0 Å². The van der Waals surface area contributed by atoms with Crippen molar-refractivity contribution in [3.05, 3.63) is 35.7 Å². The number of benzene rings is 1. The summed E-state index contributed by atoms with van der Waals surface area (Å²) < 4.78 is 1.67. The third-order valence-corrected chi connectivity index (χ3v) is 2.27. The van der Waals surface area contributed by atoms with Gasteiger partial charge < -0.3 is 11.5 Å². The lowest BCUT2D eigenvalue weighted by Gasteiger charge is -2.03. The zero-order valence-corrected chi connectivity index (χ0v) is 8.51. The number of aryl methyl sites for hydroxylation is 1. The van der Waals surface area contributed by atoms with Crippen molar-refractivity contribution in [2.24, 2.45) is 7.05 Å². The van der Waals surface area contributed by atoms with Crippen molar-refractivity contribution < 1.29 is 0 Å². The number of hydrogen-bond donors (Lipinski definition) is 2. The summed E-state index contributed by atoms with van der Waals surface area (Å²) in [6, 6.07) is 7.70. The number of nitrogen functional groups attached to an aromatic ring is 2. The van der Waals surface area contributed by atoms with Crippen LogP contribution < -0.4 is 11.5 Å². The van der Waals surface area contributed by atoms with Gasteiger partial charge in [-0.05, 0) is 11.6 Å². The normalized spacial score (nSPS) is 10.5. The smallest absolute Gasteiger partial charge is 0.239 e. The monoisotopic (exact) mass is 203 g/mol. The Morgan fingerprint density at radius 3 is 2.60 bits per heavy atom. The molecule has 0 fully saturated rings. The van der Waals surface area contributed by atoms with Crippen molar-refractivity contribution in [1.82, 2.24) is 14.8 Å². The van der Waals surface area contributed by atoms with Gasteiger partial charge in [-0.15, -0.1) is 5.10 Å². The number of hydrogen-bond acceptors (Lipinski definition) is 4. The minimum atomic E-state index is 0.294. The molecule has 0 aliphatic rings. The fourth-order valence-corrected chi connectivity index (χ4v) is 1.46. The number of nitrogens with two attached hydrogens (primary N) is 2. The SMILES string of the molecule is Cn1nc(N)nc1Cc1ccccc1N. The first-order valence-electron chi connectivity index (χ1n) is 4.65. The highest BCUT2D eigenvalue weighted by molar-refractivity contribution is 5.47. The molecule has 2 aromatic rings. The Morgan fingerprint density at radius 1 is 1.27 bits per heavy atom. The van der Waals surface area contributed by atoms with Crippen LogP contribution in [0.15, 0.2) is 24.3 Å². The van der Waals surface area contributed by atoms with Gasteiger partial charge in [0, 0.05) is 19.2 Å². The summed E-state index contributed by atoms with van der Waals surface area (Å²) in [4.78, 5) is 4.12. The Kier molecular flexibility index (Phi) is 2.29. The molecular formula is C10H13N5. The molecule has 0 unspecified atom stereocenters. The van der Waals surface area contributed by atoms with Gasteiger partial charge in [0.2, 0.25) is 5.95 Å². The zero-order chi connectivity index (χ0) is 10.8. The molecule has 4 N–H and O–H groups in total. The summed E-state index contributed by atoms with van der Waals surface area (Å²) in [5.41, 5.74) is 13.1. The minimum absolute atomic E-state index is 0.294. The van der Waals surface area contributed by atoms with Gasteiger partial charge in [-0.25, -0.2) is 0 Å². The van der Waals surface area contributed by atoms with Crippen molar-refractivity contribution in [3.63, 3.8) is 0 Å². The van der Waals surface area contributed by atoms with Crippen LogP contribution in [0.4, 0.5) is 11.6 Å². The Morgan fingerprint density at radius 2 is 2.00 bits per heavy atom. The van der Waals surface area contributed by atoms with Crippen molar-refractivity contribution in [2.45, 2.75) is 6.42 Å². The Hall–Kier alpha value is -2.04. The van der Waals surface area contributed by atoms with Crippen LogP contribution in [-0.4, -0.2) is 14.8 Å². The number of rotatable bonds is 2. The predicted molar refractivity (Wildman–Crippen MR) is 59.1 cm³/mol. The van der Waals surface area contributed by atoms with Crippen LogP contribution in [0.1, 0.15) is 11.4 Å². The standard InChI is InChI=1S/C10H13N5/c1-15-9(13-10(12)14-15)6-7-4-2-3-5-8(7)11/h2-5H,6,11H2,1H3,(H2,12,14). The molecule has 0 bridgehead atoms. The van der Waals surface area contributed by atoms with Crippen LogP contribution >= 0.6 is 0 Å². The van der Waals surface area contributed by atoms with Gasteiger partial charge in [-0.2, -0.15) is 4.98 Å². The second-order valence-electron chi connectivity index (χ2n) is 3.39. The highest BCUT2D eigenvalue weighted by atomic mass is 15.4. The largest absolute Gasteiger partial charge is 0.398 e. The first kappa shape index (κ1) is 9.51. The summed E-state index contributed by atoms with van der Waals surface area (Å²) >= 11 is 0. The van der Waals surface area contributed by atoms with E-state index in [1.807, 2.05) is 31.3 Å². The molecule has 0 saturated carbocycles. The molecule has 0 atom stereocenters. The second-order valence-corrected chi connectivity index (χ2v) is 3.39. The molecule has 15 heavy (non-hydrogen) atoms. The van der Waals surface area contributed by atoms with E-state index in [1.54, 1.807) is 4.68 Å². The predicted octanol–water partition coefficient (Wildman–Crippen LogP) is 0.570. The molecule has 0 saturated heterocycles. The molecule has 1 heterocycles. The van der Waals surface area contributed by atoms with Gasteiger partial charge in [0.05, 0.1) is 0 Å². The highest BCUT2D eigenvalue weighted by Gasteiger charge is 2.06. The minimum Gasteiger partial charge on any atom is -0.398 e. The van der Waals surface area contributed by atoms with E-state index < -0.39 is 0 Å². The molecule has 1 aromatic carbocycles. The number of aromatic nitrogens is 3. The summed E-state index contributed by atoms with van der Waals surface area (Å²) in [6.45, 7) is 0. The Bertz CT molecular complexity index is 474. The average molecular weight is 203 g/mol. The highest BCUT2D eigenvalue weighted by Crippen LogP contribution is 2.14. The molecule has 0 radical (unpaired) electrons. The molecule has 0 amide bonds.